The van der Waals surface area contributed by atoms with Crippen molar-refractivity contribution in [2.75, 3.05) is 5.73 Å². The van der Waals surface area contributed by atoms with E-state index in [1.165, 1.54) is 4.80 Å². The minimum absolute atomic E-state index is 0.265. The second-order valence-corrected chi connectivity index (χ2v) is 3.53. The quantitative estimate of drug-likeness (QED) is 0.768. The van der Waals surface area contributed by atoms with Gasteiger partial charge in [-0.2, -0.15) is 4.80 Å². The van der Waals surface area contributed by atoms with Gasteiger partial charge in [0.2, 0.25) is 5.82 Å². The van der Waals surface area contributed by atoms with E-state index in [0.29, 0.717) is 17.3 Å². The summed E-state index contributed by atoms with van der Waals surface area (Å²) in [5.41, 5.74) is 7.52. The van der Waals surface area contributed by atoms with Crippen molar-refractivity contribution in [3.63, 3.8) is 0 Å². The number of anilines is 1. The zero-order chi connectivity index (χ0) is 11.5. The maximum absolute atomic E-state index is 5.80. The molecule has 0 aliphatic heterocycles. The van der Waals surface area contributed by atoms with Crippen molar-refractivity contribution in [3.8, 4) is 5.75 Å². The highest BCUT2D eigenvalue weighted by molar-refractivity contribution is 5.53. The number of aryl methyl sites for hydroxylation is 2. The standard InChI is InChI=1S/C10H13N5O/c1-7-3-4-9(8(11)5-7)16-6-10-12-14-15(2)13-10/h3-5H,6,11H2,1-2H3. The number of benzene rings is 1. The van der Waals surface area contributed by atoms with Crippen LogP contribution in [0.1, 0.15) is 11.4 Å². The number of tetrazole rings is 1. The van der Waals surface area contributed by atoms with Crippen LogP contribution in [-0.4, -0.2) is 20.2 Å². The van der Waals surface area contributed by atoms with Crippen molar-refractivity contribution >= 4 is 5.69 Å². The summed E-state index contributed by atoms with van der Waals surface area (Å²) in [7, 11) is 1.71. The molecule has 2 rings (SSSR count). The van der Waals surface area contributed by atoms with Crippen LogP contribution in [-0.2, 0) is 13.7 Å². The summed E-state index contributed by atoms with van der Waals surface area (Å²) in [6.07, 6.45) is 0. The number of hydrogen-bond acceptors (Lipinski definition) is 5. The maximum atomic E-state index is 5.80. The molecule has 0 atom stereocenters. The Labute approximate surface area is 93.0 Å². The number of nitrogens with two attached hydrogens (primary N) is 1. The average Bonchev–Trinajstić information content (AvgIpc) is 2.63. The van der Waals surface area contributed by atoms with Crippen molar-refractivity contribution in [2.45, 2.75) is 13.5 Å². The van der Waals surface area contributed by atoms with E-state index in [-0.39, 0.29) is 6.61 Å². The summed E-state index contributed by atoms with van der Waals surface area (Å²) in [4.78, 5) is 1.39. The summed E-state index contributed by atoms with van der Waals surface area (Å²) in [6, 6.07) is 5.64. The van der Waals surface area contributed by atoms with Gasteiger partial charge in [-0.15, -0.1) is 10.2 Å². The lowest BCUT2D eigenvalue weighted by atomic mass is 10.2. The molecule has 6 heteroatoms. The molecule has 0 radical (unpaired) electrons. The molecule has 1 aromatic heterocycles. The van der Waals surface area contributed by atoms with Gasteiger partial charge in [0.25, 0.3) is 0 Å². The third-order valence-electron chi connectivity index (χ3n) is 2.07. The Balaban J connectivity index is 2.04. The minimum Gasteiger partial charge on any atom is -0.483 e. The van der Waals surface area contributed by atoms with Crippen LogP contribution < -0.4 is 10.5 Å². The molecular weight excluding hydrogens is 206 g/mol. The van der Waals surface area contributed by atoms with Gasteiger partial charge in [0.1, 0.15) is 5.75 Å². The maximum Gasteiger partial charge on any atom is 0.212 e. The molecule has 84 valence electrons. The Hall–Kier alpha value is -2.11. The number of nitrogens with zero attached hydrogens (tertiary/aromatic N) is 4. The van der Waals surface area contributed by atoms with E-state index >= 15 is 0 Å². The first-order valence-electron chi connectivity index (χ1n) is 4.87. The van der Waals surface area contributed by atoms with E-state index in [2.05, 4.69) is 15.4 Å². The number of ether oxygens (including phenoxy) is 1. The lowest BCUT2D eigenvalue weighted by Crippen LogP contribution is -2.01. The Morgan fingerprint density at radius 2 is 2.25 bits per heavy atom. The molecule has 0 aliphatic carbocycles. The highest BCUT2D eigenvalue weighted by atomic mass is 16.5. The van der Waals surface area contributed by atoms with E-state index in [4.69, 9.17) is 10.5 Å². The van der Waals surface area contributed by atoms with Gasteiger partial charge in [-0.1, -0.05) is 6.07 Å². The minimum atomic E-state index is 0.265. The van der Waals surface area contributed by atoms with Crippen molar-refractivity contribution < 1.29 is 4.74 Å². The third kappa shape index (κ3) is 2.28. The fraction of sp³-hybridized carbons (Fsp3) is 0.300. The van der Waals surface area contributed by atoms with E-state index in [1.807, 2.05) is 25.1 Å². The Kier molecular flexibility index (Phi) is 2.72. The first kappa shape index (κ1) is 10.4. The fourth-order valence-corrected chi connectivity index (χ4v) is 1.32. The smallest absolute Gasteiger partial charge is 0.212 e. The molecule has 0 saturated carbocycles. The van der Waals surface area contributed by atoms with E-state index in [9.17, 15) is 0 Å². The summed E-state index contributed by atoms with van der Waals surface area (Å²) in [6.45, 7) is 2.24. The van der Waals surface area contributed by atoms with Crippen LogP contribution in [0.15, 0.2) is 18.2 Å². The first-order valence-corrected chi connectivity index (χ1v) is 4.87. The van der Waals surface area contributed by atoms with Crippen LogP contribution in [0.2, 0.25) is 0 Å². The predicted octanol–water partition coefficient (Wildman–Crippen LogP) is 0.680. The zero-order valence-corrected chi connectivity index (χ0v) is 9.21. The molecule has 1 aromatic carbocycles. The van der Waals surface area contributed by atoms with Gasteiger partial charge in [0.05, 0.1) is 12.7 Å². The number of rotatable bonds is 3. The predicted molar refractivity (Wildman–Crippen MR) is 58.7 cm³/mol. The fourth-order valence-electron chi connectivity index (χ4n) is 1.32. The molecule has 16 heavy (non-hydrogen) atoms. The molecule has 0 unspecified atom stereocenters. The zero-order valence-electron chi connectivity index (χ0n) is 9.21. The molecular formula is C10H13N5O. The van der Waals surface area contributed by atoms with Crippen LogP contribution in [0, 0.1) is 6.92 Å². The van der Waals surface area contributed by atoms with Gasteiger partial charge in [0, 0.05) is 0 Å². The van der Waals surface area contributed by atoms with Gasteiger partial charge >= 0.3 is 0 Å². The number of hydrogen-bond donors (Lipinski definition) is 1. The molecule has 0 bridgehead atoms. The second kappa shape index (κ2) is 4.18. The molecule has 0 fully saturated rings. The Bertz CT molecular complexity index is 494. The van der Waals surface area contributed by atoms with Crippen molar-refractivity contribution in [1.29, 1.82) is 0 Å². The molecule has 2 N–H and O–H groups in total. The lowest BCUT2D eigenvalue weighted by Gasteiger charge is -2.07. The average molecular weight is 219 g/mol. The third-order valence-corrected chi connectivity index (χ3v) is 2.07. The number of aromatic nitrogens is 4. The van der Waals surface area contributed by atoms with Crippen LogP contribution >= 0.6 is 0 Å². The van der Waals surface area contributed by atoms with Gasteiger partial charge in [-0.25, -0.2) is 0 Å². The second-order valence-electron chi connectivity index (χ2n) is 3.53. The summed E-state index contributed by atoms with van der Waals surface area (Å²) in [5.74, 6) is 1.17. The molecule has 0 amide bonds. The monoisotopic (exact) mass is 219 g/mol. The van der Waals surface area contributed by atoms with Crippen molar-refractivity contribution in [2.24, 2.45) is 7.05 Å². The molecule has 2 aromatic rings. The molecule has 6 nitrogen and oxygen atoms in total. The van der Waals surface area contributed by atoms with Gasteiger partial charge in [-0.3, -0.25) is 0 Å². The SMILES string of the molecule is Cc1ccc(OCc2nnn(C)n2)c(N)c1. The lowest BCUT2D eigenvalue weighted by molar-refractivity contribution is 0.297. The first-order chi connectivity index (χ1) is 7.65. The van der Waals surface area contributed by atoms with E-state index < -0.39 is 0 Å². The molecule has 0 aliphatic rings. The topological polar surface area (TPSA) is 78.9 Å². The van der Waals surface area contributed by atoms with Gasteiger partial charge in [0.15, 0.2) is 6.61 Å². The molecule has 0 saturated heterocycles. The largest absolute Gasteiger partial charge is 0.483 e. The molecule has 0 spiro atoms. The van der Waals surface area contributed by atoms with Crippen LogP contribution in [0.3, 0.4) is 0 Å². The summed E-state index contributed by atoms with van der Waals surface area (Å²) < 4.78 is 5.49. The van der Waals surface area contributed by atoms with Gasteiger partial charge in [-0.05, 0) is 29.8 Å². The van der Waals surface area contributed by atoms with Crippen molar-refractivity contribution in [3.05, 3.63) is 29.6 Å². The summed E-state index contributed by atoms with van der Waals surface area (Å²) in [5, 5.41) is 11.5. The van der Waals surface area contributed by atoms with Crippen molar-refractivity contribution in [1.82, 2.24) is 20.2 Å². The van der Waals surface area contributed by atoms with E-state index in [1.54, 1.807) is 7.05 Å². The van der Waals surface area contributed by atoms with E-state index in [0.717, 1.165) is 5.56 Å². The highest BCUT2D eigenvalue weighted by Gasteiger charge is 2.04. The van der Waals surface area contributed by atoms with Gasteiger partial charge < -0.3 is 10.5 Å². The van der Waals surface area contributed by atoms with Crippen LogP contribution in [0.4, 0.5) is 5.69 Å². The Morgan fingerprint density at radius 1 is 1.44 bits per heavy atom. The highest BCUT2D eigenvalue weighted by Crippen LogP contribution is 2.22. The number of nitrogen functional groups attached to an aromatic ring is 1. The Morgan fingerprint density at radius 3 is 2.88 bits per heavy atom. The van der Waals surface area contributed by atoms with Crippen LogP contribution in [0.5, 0.6) is 5.75 Å². The van der Waals surface area contributed by atoms with Crippen LogP contribution in [0.25, 0.3) is 0 Å². The molecule has 1 heterocycles. The summed E-state index contributed by atoms with van der Waals surface area (Å²) >= 11 is 0. The normalized spacial score (nSPS) is 10.4.